The van der Waals surface area contributed by atoms with Gasteiger partial charge in [-0.3, -0.25) is 4.79 Å². The van der Waals surface area contributed by atoms with Crippen LogP contribution in [0.1, 0.15) is 16.1 Å². The van der Waals surface area contributed by atoms with E-state index in [0.717, 1.165) is 16.3 Å². The molecule has 1 amide bonds. The van der Waals surface area contributed by atoms with Crippen LogP contribution in [0.3, 0.4) is 0 Å². The zero-order valence-electron chi connectivity index (χ0n) is 12.3. The van der Waals surface area contributed by atoms with Gasteiger partial charge in [-0.15, -0.1) is 23.1 Å². The van der Waals surface area contributed by atoms with Crippen LogP contribution in [-0.2, 0) is 5.75 Å². The number of thiazole rings is 1. The summed E-state index contributed by atoms with van der Waals surface area (Å²) in [6.45, 7) is 0. The smallest absolute Gasteiger partial charge is 0.255 e. The molecule has 0 bridgehead atoms. The summed E-state index contributed by atoms with van der Waals surface area (Å²) < 4.78 is 14.4. The second-order valence-corrected chi connectivity index (χ2v) is 7.55. The van der Waals surface area contributed by atoms with Gasteiger partial charge in [0.2, 0.25) is 0 Å². The van der Waals surface area contributed by atoms with E-state index in [2.05, 4.69) is 26.2 Å². The van der Waals surface area contributed by atoms with Crippen molar-refractivity contribution in [3.8, 4) is 0 Å². The number of anilines is 1. The van der Waals surface area contributed by atoms with Crippen LogP contribution in [0.2, 0.25) is 0 Å². The van der Waals surface area contributed by atoms with Crippen molar-refractivity contribution in [3.63, 3.8) is 0 Å². The summed E-state index contributed by atoms with van der Waals surface area (Å²) in [6.07, 6.45) is 0. The molecule has 3 aromatic rings. The molecular formula is C17H12BrFN2OS2. The van der Waals surface area contributed by atoms with Gasteiger partial charge in [-0.05, 0) is 42.5 Å². The predicted molar refractivity (Wildman–Crippen MR) is 100 cm³/mol. The Morgan fingerprint density at radius 3 is 2.71 bits per heavy atom. The third-order valence-corrected chi connectivity index (χ3v) is 5.34. The number of rotatable bonds is 5. The summed E-state index contributed by atoms with van der Waals surface area (Å²) >= 11 is 6.41. The lowest BCUT2D eigenvalue weighted by Crippen LogP contribution is -2.12. The zero-order chi connectivity index (χ0) is 16.9. The summed E-state index contributed by atoms with van der Waals surface area (Å²) in [5.41, 5.74) is 3.49. The molecule has 0 aliphatic heterocycles. The summed E-state index contributed by atoms with van der Waals surface area (Å²) in [5.74, 6) is -0.0282. The van der Waals surface area contributed by atoms with Crippen molar-refractivity contribution in [3.05, 3.63) is 74.9 Å². The molecule has 0 radical (unpaired) electrons. The van der Waals surface area contributed by atoms with E-state index >= 15 is 0 Å². The molecule has 1 N–H and O–H groups in total. The first-order valence-corrected chi connectivity index (χ1v) is 9.70. The van der Waals surface area contributed by atoms with Crippen molar-refractivity contribution in [2.45, 2.75) is 10.6 Å². The molecule has 0 spiro atoms. The second kappa shape index (κ2) is 7.92. The highest BCUT2D eigenvalue weighted by Gasteiger charge is 2.10. The van der Waals surface area contributed by atoms with Gasteiger partial charge in [0.05, 0.1) is 16.9 Å². The standard InChI is InChI=1S/C17H12BrFN2OS2/c18-12-3-6-16(15(19)7-12)21-17(22)11-1-4-14(5-2-11)24-9-13-8-23-10-20-13/h1-8,10H,9H2,(H,21,22). The highest BCUT2D eigenvalue weighted by molar-refractivity contribution is 9.10. The third kappa shape index (κ3) is 4.43. The van der Waals surface area contributed by atoms with Gasteiger partial charge in [-0.25, -0.2) is 9.37 Å². The van der Waals surface area contributed by atoms with E-state index in [1.807, 2.05) is 23.0 Å². The van der Waals surface area contributed by atoms with Crippen LogP contribution < -0.4 is 5.32 Å². The van der Waals surface area contributed by atoms with Crippen LogP contribution in [0, 0.1) is 5.82 Å². The van der Waals surface area contributed by atoms with E-state index in [0.29, 0.717) is 10.0 Å². The van der Waals surface area contributed by atoms with Crippen molar-refractivity contribution < 1.29 is 9.18 Å². The van der Waals surface area contributed by atoms with Crippen molar-refractivity contribution in [1.82, 2.24) is 4.98 Å². The highest BCUT2D eigenvalue weighted by Crippen LogP contribution is 2.24. The minimum absolute atomic E-state index is 0.158. The van der Waals surface area contributed by atoms with Crippen molar-refractivity contribution in [2.24, 2.45) is 0 Å². The Hall–Kier alpha value is -1.70. The minimum Gasteiger partial charge on any atom is -0.319 e. The van der Waals surface area contributed by atoms with Crippen LogP contribution in [-0.4, -0.2) is 10.9 Å². The molecule has 0 saturated heterocycles. The van der Waals surface area contributed by atoms with E-state index in [4.69, 9.17) is 0 Å². The minimum atomic E-state index is -0.479. The van der Waals surface area contributed by atoms with Crippen molar-refractivity contribution in [2.75, 3.05) is 5.32 Å². The Labute approximate surface area is 155 Å². The molecule has 1 heterocycles. The Morgan fingerprint density at radius 2 is 2.04 bits per heavy atom. The molecule has 122 valence electrons. The Kier molecular flexibility index (Phi) is 5.65. The van der Waals surface area contributed by atoms with Gasteiger partial charge in [0.15, 0.2) is 0 Å². The van der Waals surface area contributed by atoms with Gasteiger partial charge in [0, 0.05) is 26.1 Å². The summed E-state index contributed by atoms with van der Waals surface area (Å²) in [4.78, 5) is 17.5. The predicted octanol–water partition coefficient (Wildman–Crippen LogP) is 5.59. The number of carbonyl (C=O) groups is 1. The molecule has 0 atom stereocenters. The molecule has 0 saturated carbocycles. The monoisotopic (exact) mass is 422 g/mol. The highest BCUT2D eigenvalue weighted by atomic mass is 79.9. The molecule has 0 unspecified atom stereocenters. The van der Waals surface area contributed by atoms with Gasteiger partial charge in [0.1, 0.15) is 5.82 Å². The van der Waals surface area contributed by atoms with Crippen LogP contribution in [0.25, 0.3) is 0 Å². The summed E-state index contributed by atoms with van der Waals surface area (Å²) in [6, 6.07) is 11.7. The lowest BCUT2D eigenvalue weighted by Gasteiger charge is -2.07. The first kappa shape index (κ1) is 17.1. The van der Waals surface area contributed by atoms with E-state index in [1.54, 1.807) is 41.3 Å². The third-order valence-electron chi connectivity index (χ3n) is 3.17. The van der Waals surface area contributed by atoms with E-state index in [1.165, 1.54) is 12.1 Å². The van der Waals surface area contributed by atoms with Crippen LogP contribution in [0.15, 0.2) is 62.7 Å². The number of hydrogen-bond donors (Lipinski definition) is 1. The Bertz CT molecular complexity index is 838. The summed E-state index contributed by atoms with van der Waals surface area (Å²) in [5, 5.41) is 4.59. The van der Waals surface area contributed by atoms with Crippen LogP contribution >= 0.6 is 39.0 Å². The fourth-order valence-electron chi connectivity index (χ4n) is 1.95. The maximum absolute atomic E-state index is 13.8. The Balaban J connectivity index is 1.63. The van der Waals surface area contributed by atoms with Gasteiger partial charge in [-0.2, -0.15) is 0 Å². The number of thioether (sulfide) groups is 1. The number of nitrogens with one attached hydrogen (secondary N) is 1. The maximum atomic E-state index is 13.8. The average Bonchev–Trinajstić information content (AvgIpc) is 3.09. The number of amides is 1. The molecule has 0 aliphatic rings. The first-order valence-electron chi connectivity index (χ1n) is 6.98. The normalized spacial score (nSPS) is 10.6. The molecule has 3 rings (SSSR count). The molecule has 7 heteroatoms. The lowest BCUT2D eigenvalue weighted by molar-refractivity contribution is 0.102. The van der Waals surface area contributed by atoms with E-state index in [-0.39, 0.29) is 11.6 Å². The number of carbonyl (C=O) groups excluding carboxylic acids is 1. The molecule has 3 nitrogen and oxygen atoms in total. The number of halogens is 2. The topological polar surface area (TPSA) is 42.0 Å². The Morgan fingerprint density at radius 1 is 1.25 bits per heavy atom. The fourth-order valence-corrected chi connectivity index (χ4v) is 3.75. The maximum Gasteiger partial charge on any atom is 0.255 e. The molecule has 0 fully saturated rings. The van der Waals surface area contributed by atoms with Crippen LogP contribution in [0.5, 0.6) is 0 Å². The average molecular weight is 423 g/mol. The molecule has 2 aromatic carbocycles. The SMILES string of the molecule is O=C(Nc1ccc(Br)cc1F)c1ccc(SCc2cscn2)cc1. The van der Waals surface area contributed by atoms with Gasteiger partial charge >= 0.3 is 0 Å². The van der Waals surface area contributed by atoms with E-state index in [9.17, 15) is 9.18 Å². The molecular weight excluding hydrogens is 411 g/mol. The van der Waals surface area contributed by atoms with Gasteiger partial charge in [-0.1, -0.05) is 15.9 Å². The number of hydrogen-bond acceptors (Lipinski definition) is 4. The summed E-state index contributed by atoms with van der Waals surface area (Å²) in [7, 11) is 0. The lowest BCUT2D eigenvalue weighted by atomic mass is 10.2. The second-order valence-electron chi connectivity index (χ2n) is 4.87. The van der Waals surface area contributed by atoms with Gasteiger partial charge in [0.25, 0.3) is 5.91 Å². The number of aromatic nitrogens is 1. The van der Waals surface area contributed by atoms with Crippen LogP contribution in [0.4, 0.5) is 10.1 Å². The molecule has 0 aliphatic carbocycles. The number of nitrogens with zero attached hydrogens (tertiary/aromatic N) is 1. The van der Waals surface area contributed by atoms with Gasteiger partial charge < -0.3 is 5.32 Å². The largest absolute Gasteiger partial charge is 0.319 e. The first-order chi connectivity index (χ1) is 11.6. The number of benzene rings is 2. The quantitative estimate of drug-likeness (QED) is 0.544. The van der Waals surface area contributed by atoms with Crippen molar-refractivity contribution in [1.29, 1.82) is 0 Å². The zero-order valence-corrected chi connectivity index (χ0v) is 15.6. The molecule has 24 heavy (non-hydrogen) atoms. The fraction of sp³-hybridized carbons (Fsp3) is 0.0588. The van der Waals surface area contributed by atoms with E-state index < -0.39 is 5.82 Å². The molecule has 1 aromatic heterocycles. The van der Waals surface area contributed by atoms with Crippen molar-refractivity contribution >= 4 is 50.6 Å².